The first kappa shape index (κ1) is 26.5. The molecule has 2 fully saturated rings. The highest BCUT2D eigenvalue weighted by molar-refractivity contribution is 5.96. The molecular formula is C31H36N8O3. The van der Waals surface area contributed by atoms with Gasteiger partial charge in [0.05, 0.1) is 31.2 Å². The number of amides is 1. The maximum atomic E-state index is 13.5. The van der Waals surface area contributed by atoms with Crippen molar-refractivity contribution < 1.29 is 14.3 Å². The highest BCUT2D eigenvalue weighted by Crippen LogP contribution is 2.40. The van der Waals surface area contributed by atoms with Gasteiger partial charge in [0.15, 0.2) is 0 Å². The van der Waals surface area contributed by atoms with Gasteiger partial charge in [-0.1, -0.05) is 0 Å². The van der Waals surface area contributed by atoms with Crippen LogP contribution in [0, 0.1) is 12.8 Å². The predicted octanol–water partition coefficient (Wildman–Crippen LogP) is 3.92. The molecule has 0 aromatic carbocycles. The van der Waals surface area contributed by atoms with Crippen LogP contribution in [0.2, 0.25) is 0 Å². The molecule has 0 spiro atoms. The smallest absolute Gasteiger partial charge is 0.255 e. The number of ether oxygens (including phenoxy) is 2. The molecule has 0 bridgehead atoms. The van der Waals surface area contributed by atoms with E-state index in [1.165, 1.54) is 12.8 Å². The molecule has 1 saturated carbocycles. The number of fused-ring (bicyclic) bond motifs is 2. The molecule has 6 heterocycles. The number of pyridine rings is 2. The summed E-state index contributed by atoms with van der Waals surface area (Å²) >= 11 is 0. The molecule has 1 atom stereocenters. The van der Waals surface area contributed by atoms with Crippen LogP contribution in [0.5, 0.6) is 11.6 Å². The Morgan fingerprint density at radius 2 is 2.05 bits per heavy atom. The Bertz CT molecular complexity index is 1750. The highest BCUT2D eigenvalue weighted by Gasteiger charge is 2.29. The molecule has 1 aliphatic carbocycles. The average Bonchev–Trinajstić information content (AvgIpc) is 3.36. The molecule has 0 unspecified atom stereocenters. The summed E-state index contributed by atoms with van der Waals surface area (Å²) in [6.45, 7) is 5.36. The third-order valence-corrected chi connectivity index (χ3v) is 8.44. The second kappa shape index (κ2) is 10.8. The van der Waals surface area contributed by atoms with Crippen LogP contribution in [0.15, 0.2) is 49.3 Å². The van der Waals surface area contributed by atoms with Crippen LogP contribution >= 0.6 is 0 Å². The second-order valence-corrected chi connectivity index (χ2v) is 11.5. The van der Waals surface area contributed by atoms with Crippen molar-refractivity contribution in [1.82, 2.24) is 33.6 Å². The van der Waals surface area contributed by atoms with E-state index in [2.05, 4.69) is 27.5 Å². The molecule has 1 saturated heterocycles. The maximum Gasteiger partial charge on any atom is 0.255 e. The van der Waals surface area contributed by atoms with Gasteiger partial charge in [-0.25, -0.2) is 14.5 Å². The van der Waals surface area contributed by atoms with E-state index >= 15 is 0 Å². The van der Waals surface area contributed by atoms with Crippen LogP contribution in [0.4, 0.5) is 0 Å². The van der Waals surface area contributed by atoms with Gasteiger partial charge in [0, 0.05) is 61.4 Å². The molecule has 2 aliphatic rings. The number of nitrogens with zero attached hydrogens (tertiary/aromatic N) is 7. The Morgan fingerprint density at radius 3 is 2.81 bits per heavy atom. The van der Waals surface area contributed by atoms with E-state index in [4.69, 9.17) is 20.3 Å². The number of aromatic nitrogens is 6. The summed E-state index contributed by atoms with van der Waals surface area (Å²) in [7, 11) is 1.63. The van der Waals surface area contributed by atoms with Crippen LogP contribution in [0.25, 0.3) is 27.8 Å². The van der Waals surface area contributed by atoms with Crippen LogP contribution in [-0.2, 0) is 13.1 Å². The van der Waals surface area contributed by atoms with E-state index in [1.54, 1.807) is 30.3 Å². The van der Waals surface area contributed by atoms with Gasteiger partial charge in [-0.15, -0.1) is 0 Å². The summed E-state index contributed by atoms with van der Waals surface area (Å²) in [5.74, 6) is 1.80. The number of hydrogen-bond acceptors (Lipinski definition) is 7. The minimum atomic E-state index is -0.0496. The van der Waals surface area contributed by atoms with Crippen molar-refractivity contribution in [2.24, 2.45) is 11.7 Å². The van der Waals surface area contributed by atoms with Crippen molar-refractivity contribution in [2.45, 2.75) is 51.7 Å². The molecule has 5 aromatic heterocycles. The van der Waals surface area contributed by atoms with Gasteiger partial charge in [-0.3, -0.25) is 4.79 Å². The summed E-state index contributed by atoms with van der Waals surface area (Å²) in [5, 5.41) is 6.11. The van der Waals surface area contributed by atoms with E-state index in [1.807, 2.05) is 34.0 Å². The average molecular weight is 569 g/mol. The molecule has 5 aromatic rings. The maximum absolute atomic E-state index is 13.5. The number of carbonyl (C=O) groups excluding carboxylic acids is 1. The van der Waals surface area contributed by atoms with Gasteiger partial charge in [-0.2, -0.15) is 5.10 Å². The minimum Gasteiger partial charge on any atom is -0.494 e. The number of aryl methyl sites for hydroxylation is 1. The van der Waals surface area contributed by atoms with Crippen LogP contribution in [-0.4, -0.2) is 72.4 Å². The third-order valence-electron chi connectivity index (χ3n) is 8.44. The number of piperidine rings is 1. The molecular weight excluding hydrogens is 532 g/mol. The van der Waals surface area contributed by atoms with Crippen LogP contribution in [0.3, 0.4) is 0 Å². The number of nitrogens with two attached hydrogens (primary N) is 1. The summed E-state index contributed by atoms with van der Waals surface area (Å²) in [6, 6.07) is 6.03. The molecule has 0 radical (unpaired) electrons. The Kier molecular flexibility index (Phi) is 6.81. The van der Waals surface area contributed by atoms with Gasteiger partial charge in [0.2, 0.25) is 5.88 Å². The van der Waals surface area contributed by atoms with Gasteiger partial charge >= 0.3 is 0 Å². The lowest BCUT2D eigenvalue weighted by molar-refractivity contribution is 0.0707. The molecule has 11 heteroatoms. The zero-order valence-corrected chi connectivity index (χ0v) is 24.1. The zero-order chi connectivity index (χ0) is 28.8. The SMILES string of the molecule is COc1cc(C(=O)N2CCC[C@@H](N)C2)cn2nc(-c3cc4ccnc(OCCn5ccnc5)c4n3CC3CC3)c(C)c12. The van der Waals surface area contributed by atoms with Gasteiger partial charge in [-0.05, 0) is 56.7 Å². The predicted molar refractivity (Wildman–Crippen MR) is 159 cm³/mol. The van der Waals surface area contributed by atoms with E-state index in [9.17, 15) is 4.79 Å². The summed E-state index contributed by atoms with van der Waals surface area (Å²) < 4.78 is 18.1. The third kappa shape index (κ3) is 4.87. The molecule has 1 amide bonds. The summed E-state index contributed by atoms with van der Waals surface area (Å²) in [6.07, 6.45) is 13.3. The first-order chi connectivity index (χ1) is 20.5. The minimum absolute atomic E-state index is 0.00882. The van der Waals surface area contributed by atoms with E-state index in [-0.39, 0.29) is 11.9 Å². The van der Waals surface area contributed by atoms with Crippen molar-refractivity contribution in [3.63, 3.8) is 0 Å². The van der Waals surface area contributed by atoms with Gasteiger partial charge in [0.1, 0.15) is 29.1 Å². The number of hydrogen-bond donors (Lipinski definition) is 1. The second-order valence-electron chi connectivity index (χ2n) is 11.5. The van der Waals surface area contributed by atoms with Crippen LogP contribution < -0.4 is 15.2 Å². The highest BCUT2D eigenvalue weighted by atomic mass is 16.5. The monoisotopic (exact) mass is 568 g/mol. The summed E-state index contributed by atoms with van der Waals surface area (Å²) in [5.41, 5.74) is 11.4. The first-order valence-electron chi connectivity index (χ1n) is 14.7. The fraction of sp³-hybridized carbons (Fsp3) is 0.419. The van der Waals surface area contributed by atoms with Gasteiger partial charge < -0.3 is 29.2 Å². The number of likely N-dealkylation sites (tertiary alicyclic amines) is 1. The van der Waals surface area contributed by atoms with Crippen molar-refractivity contribution in [2.75, 3.05) is 26.8 Å². The molecule has 42 heavy (non-hydrogen) atoms. The first-order valence-corrected chi connectivity index (χ1v) is 14.7. The fourth-order valence-corrected chi connectivity index (χ4v) is 6.08. The Hall–Kier alpha value is -4.38. The van der Waals surface area contributed by atoms with Crippen molar-refractivity contribution >= 4 is 22.3 Å². The number of carbonyl (C=O) groups is 1. The lowest BCUT2D eigenvalue weighted by Gasteiger charge is -2.30. The van der Waals surface area contributed by atoms with Gasteiger partial charge in [0.25, 0.3) is 5.91 Å². The standard InChI is InChI=1S/C31H36N8O3/c1-20-27(35-39-17-23(15-26(41-2)28(20)39)31(40)37-10-3-4-24(32)18-37)25-14-22-7-8-34-30(29(22)38(25)16-21-5-6-21)42-13-12-36-11-9-33-19-36/h7-9,11,14-15,17,19,21,24H,3-6,10,12-13,16,18,32H2,1-2H3/t24-/m1/s1. The molecule has 7 rings (SSSR count). The Balaban J connectivity index is 1.29. The van der Waals surface area contributed by atoms with Crippen molar-refractivity contribution in [3.8, 4) is 23.0 Å². The normalized spacial score (nSPS) is 17.3. The lowest BCUT2D eigenvalue weighted by atomic mass is 10.1. The van der Waals surface area contributed by atoms with E-state index < -0.39 is 0 Å². The fourth-order valence-electron chi connectivity index (χ4n) is 6.08. The van der Waals surface area contributed by atoms with E-state index in [0.717, 1.165) is 52.8 Å². The van der Waals surface area contributed by atoms with Crippen molar-refractivity contribution in [1.29, 1.82) is 0 Å². The molecule has 11 nitrogen and oxygen atoms in total. The number of imidazole rings is 1. The van der Waals surface area contributed by atoms with E-state index in [0.29, 0.717) is 49.4 Å². The quantitative estimate of drug-likeness (QED) is 0.286. The Labute approximate surface area is 243 Å². The largest absolute Gasteiger partial charge is 0.494 e. The topological polar surface area (TPSA) is 118 Å². The molecule has 1 aliphatic heterocycles. The van der Waals surface area contributed by atoms with Crippen LogP contribution in [0.1, 0.15) is 41.6 Å². The molecule has 2 N–H and O–H groups in total. The van der Waals surface area contributed by atoms with Crippen molar-refractivity contribution in [3.05, 3.63) is 60.4 Å². The number of rotatable bonds is 9. The number of methoxy groups -OCH3 is 1. The Morgan fingerprint density at radius 1 is 1.17 bits per heavy atom. The molecule has 218 valence electrons. The lowest BCUT2D eigenvalue weighted by Crippen LogP contribution is -2.45. The summed E-state index contributed by atoms with van der Waals surface area (Å²) in [4.78, 5) is 24.0. The zero-order valence-electron chi connectivity index (χ0n) is 24.1.